The van der Waals surface area contributed by atoms with Gasteiger partial charge >= 0.3 is 0 Å². The largest absolute Gasteiger partial charge is 0.450 e. The van der Waals surface area contributed by atoms with Gasteiger partial charge in [-0.15, -0.1) is 0 Å². The summed E-state index contributed by atoms with van der Waals surface area (Å²) in [5, 5.41) is 24.2. The third-order valence-corrected chi connectivity index (χ3v) is 7.31. The number of fused-ring (bicyclic) bond motifs is 1. The SMILES string of the molecule is C[Si](C)(C)CCOCn1cc(Cl)c2c(Oc3c(F)cc(NC(=S)NC[C@@H](O)CO)cc3F)ccnc21. The number of thiocarbonyl (C=S) groups is 1. The molecule has 13 heteroatoms. The molecule has 8 nitrogen and oxygen atoms in total. The summed E-state index contributed by atoms with van der Waals surface area (Å²) in [6, 6.07) is 4.52. The van der Waals surface area contributed by atoms with Gasteiger partial charge in [-0.25, -0.2) is 13.8 Å². The van der Waals surface area contributed by atoms with Crippen molar-refractivity contribution < 1.29 is 28.5 Å². The molecule has 0 aliphatic rings. The molecule has 1 atom stereocenters. The maximum absolute atomic E-state index is 14.8. The monoisotopic (exact) mass is 558 g/mol. The summed E-state index contributed by atoms with van der Waals surface area (Å²) in [6.07, 6.45) is 2.08. The van der Waals surface area contributed by atoms with Gasteiger partial charge in [-0.05, 0) is 24.3 Å². The van der Waals surface area contributed by atoms with Crippen molar-refractivity contribution in [1.82, 2.24) is 14.9 Å². The van der Waals surface area contributed by atoms with Crippen LogP contribution in [-0.4, -0.2) is 58.8 Å². The van der Waals surface area contributed by atoms with Crippen LogP contribution in [-0.2, 0) is 11.5 Å². The Hall–Kier alpha value is -2.35. The van der Waals surface area contributed by atoms with Crippen LogP contribution >= 0.6 is 23.8 Å². The lowest BCUT2D eigenvalue weighted by molar-refractivity contribution is 0.0899. The first-order valence-corrected chi connectivity index (χ1v) is 15.7. The number of hydrogen-bond donors (Lipinski definition) is 4. The Morgan fingerprint density at radius 1 is 1.28 bits per heavy atom. The fourth-order valence-electron chi connectivity index (χ4n) is 3.15. The van der Waals surface area contributed by atoms with Crippen LogP contribution in [0.1, 0.15) is 0 Å². The zero-order valence-corrected chi connectivity index (χ0v) is 22.7. The summed E-state index contributed by atoms with van der Waals surface area (Å²) in [4.78, 5) is 4.33. The minimum absolute atomic E-state index is 0.0194. The van der Waals surface area contributed by atoms with Gasteiger partial charge in [-0.2, -0.15) is 0 Å². The maximum atomic E-state index is 14.8. The molecule has 4 N–H and O–H groups in total. The van der Waals surface area contributed by atoms with Crippen molar-refractivity contribution in [3.63, 3.8) is 0 Å². The number of aliphatic hydroxyl groups excluding tert-OH is 2. The van der Waals surface area contributed by atoms with E-state index < -0.39 is 38.2 Å². The second-order valence-corrected chi connectivity index (χ2v) is 15.8. The van der Waals surface area contributed by atoms with E-state index in [9.17, 15) is 13.9 Å². The number of rotatable bonds is 11. The number of nitrogens with one attached hydrogen (secondary N) is 2. The summed E-state index contributed by atoms with van der Waals surface area (Å²) < 4.78 is 42.7. The molecule has 36 heavy (non-hydrogen) atoms. The van der Waals surface area contributed by atoms with E-state index in [4.69, 9.17) is 38.4 Å². The van der Waals surface area contributed by atoms with Gasteiger partial charge in [0.1, 0.15) is 18.1 Å². The lowest BCUT2D eigenvalue weighted by Gasteiger charge is -2.15. The second kappa shape index (κ2) is 12.3. The summed E-state index contributed by atoms with van der Waals surface area (Å²) in [5.74, 6) is -2.41. The van der Waals surface area contributed by atoms with E-state index in [2.05, 4.69) is 35.3 Å². The molecule has 0 fully saturated rings. The van der Waals surface area contributed by atoms with Crippen LogP contribution < -0.4 is 15.4 Å². The van der Waals surface area contributed by atoms with Crippen LogP contribution in [0.25, 0.3) is 11.0 Å². The van der Waals surface area contributed by atoms with E-state index in [-0.39, 0.29) is 29.8 Å². The van der Waals surface area contributed by atoms with Crippen LogP contribution in [0.5, 0.6) is 11.5 Å². The molecule has 0 saturated heterocycles. The number of pyridine rings is 1. The first kappa shape index (κ1) is 28.2. The Kier molecular flexibility index (Phi) is 9.61. The Bertz CT molecular complexity index is 1200. The summed E-state index contributed by atoms with van der Waals surface area (Å²) in [7, 11) is -1.23. The normalized spacial score (nSPS) is 12.6. The molecule has 0 amide bonds. The molecule has 1 aromatic carbocycles. The molecule has 0 radical (unpaired) electrons. The number of halogens is 3. The Labute approximate surface area is 219 Å². The number of aliphatic hydroxyl groups is 2. The van der Waals surface area contributed by atoms with Gasteiger partial charge in [0, 0.05) is 51.4 Å². The van der Waals surface area contributed by atoms with Crippen LogP contribution in [0.15, 0.2) is 30.6 Å². The lowest BCUT2D eigenvalue weighted by Crippen LogP contribution is -2.36. The van der Waals surface area contributed by atoms with Crippen molar-refractivity contribution in [3.05, 3.63) is 47.2 Å². The molecule has 0 aliphatic heterocycles. The fourth-order valence-corrected chi connectivity index (χ4v) is 4.41. The van der Waals surface area contributed by atoms with E-state index in [1.807, 2.05) is 0 Å². The number of aromatic nitrogens is 2. The van der Waals surface area contributed by atoms with E-state index in [0.717, 1.165) is 18.2 Å². The molecule has 2 aromatic heterocycles. The first-order valence-electron chi connectivity index (χ1n) is 11.2. The van der Waals surface area contributed by atoms with E-state index in [1.165, 1.54) is 12.3 Å². The Balaban J connectivity index is 1.76. The highest BCUT2D eigenvalue weighted by atomic mass is 35.5. The van der Waals surface area contributed by atoms with Gasteiger partial charge in [0.25, 0.3) is 0 Å². The van der Waals surface area contributed by atoms with Gasteiger partial charge < -0.3 is 34.9 Å². The van der Waals surface area contributed by atoms with Gasteiger partial charge in [0.2, 0.25) is 0 Å². The van der Waals surface area contributed by atoms with Crippen molar-refractivity contribution in [3.8, 4) is 11.5 Å². The molecule has 0 aliphatic carbocycles. The average molecular weight is 559 g/mol. The van der Waals surface area contributed by atoms with Crippen molar-refractivity contribution in [2.24, 2.45) is 0 Å². The van der Waals surface area contributed by atoms with Crippen LogP contribution in [0, 0.1) is 11.6 Å². The molecule has 196 valence electrons. The standard InChI is InChI=1S/C23H29ClF2N4O4SSi/c1-36(2,3)7-6-33-13-30-11-16(24)20-19(4-5-27-22(20)30)34-21-17(25)8-14(9-18(21)26)29-23(35)28-10-15(32)12-31/h4-5,8-9,11,15,31-32H,6-7,10,12-13H2,1-3H3,(H2,28,29,35)/t15-/m1/s1. The molecule has 3 rings (SSSR count). The smallest absolute Gasteiger partial charge is 0.198 e. The quantitative estimate of drug-likeness (QED) is 0.152. The van der Waals surface area contributed by atoms with Crippen LogP contribution in [0.4, 0.5) is 14.5 Å². The van der Waals surface area contributed by atoms with Crippen molar-refractivity contribution >= 4 is 53.7 Å². The molecule has 0 saturated carbocycles. The number of hydrogen-bond acceptors (Lipinski definition) is 6. The van der Waals surface area contributed by atoms with E-state index >= 15 is 0 Å². The predicted octanol–water partition coefficient (Wildman–Crippen LogP) is 4.71. The topological polar surface area (TPSA) is 101 Å². The van der Waals surface area contributed by atoms with E-state index in [1.54, 1.807) is 10.8 Å². The molecule has 2 heterocycles. The van der Waals surface area contributed by atoms with Gasteiger partial charge in [-0.3, -0.25) is 0 Å². The predicted molar refractivity (Wildman–Crippen MR) is 143 cm³/mol. The minimum atomic E-state index is -1.23. The zero-order chi connectivity index (χ0) is 26.5. The first-order chi connectivity index (χ1) is 17.0. The number of ether oxygens (including phenoxy) is 2. The Morgan fingerprint density at radius 2 is 1.97 bits per heavy atom. The maximum Gasteiger partial charge on any atom is 0.198 e. The highest BCUT2D eigenvalue weighted by Gasteiger charge is 2.19. The van der Waals surface area contributed by atoms with E-state index in [0.29, 0.717) is 22.7 Å². The summed E-state index contributed by atoms with van der Waals surface area (Å²) in [6.45, 7) is 7.15. The van der Waals surface area contributed by atoms with Crippen molar-refractivity contribution in [2.45, 2.75) is 38.5 Å². The highest BCUT2D eigenvalue weighted by molar-refractivity contribution is 7.80. The molecular weight excluding hydrogens is 530 g/mol. The van der Waals surface area contributed by atoms with Gasteiger partial charge in [-0.1, -0.05) is 31.2 Å². The fraction of sp³-hybridized carbons (Fsp3) is 0.391. The van der Waals surface area contributed by atoms with Crippen molar-refractivity contribution in [2.75, 3.05) is 25.1 Å². The van der Waals surface area contributed by atoms with Crippen molar-refractivity contribution in [1.29, 1.82) is 0 Å². The minimum Gasteiger partial charge on any atom is -0.450 e. The van der Waals surface area contributed by atoms with Crippen LogP contribution in [0.2, 0.25) is 30.7 Å². The van der Waals surface area contributed by atoms with Crippen LogP contribution in [0.3, 0.4) is 0 Å². The molecule has 3 aromatic rings. The summed E-state index contributed by atoms with van der Waals surface area (Å²) >= 11 is 11.4. The molecular formula is C23H29ClF2N4O4SSi. The summed E-state index contributed by atoms with van der Waals surface area (Å²) in [5.41, 5.74) is 0.499. The molecule has 0 unspecified atom stereocenters. The third kappa shape index (κ3) is 7.57. The second-order valence-electron chi connectivity index (χ2n) is 9.35. The lowest BCUT2D eigenvalue weighted by atomic mass is 10.2. The number of anilines is 1. The number of nitrogens with zero attached hydrogens (tertiary/aromatic N) is 2. The van der Waals surface area contributed by atoms with Gasteiger partial charge in [0.15, 0.2) is 22.5 Å². The van der Waals surface area contributed by atoms with Gasteiger partial charge in [0.05, 0.1) is 23.1 Å². The highest BCUT2D eigenvalue weighted by Crippen LogP contribution is 2.37. The average Bonchev–Trinajstić information content (AvgIpc) is 3.13. The number of benzene rings is 1. The Morgan fingerprint density at radius 3 is 2.61 bits per heavy atom. The molecule has 0 spiro atoms. The zero-order valence-electron chi connectivity index (χ0n) is 20.1. The third-order valence-electron chi connectivity index (χ3n) is 5.08. The molecule has 0 bridgehead atoms.